The van der Waals surface area contributed by atoms with Crippen LogP contribution >= 0.6 is 11.8 Å². The minimum Gasteiger partial charge on any atom is -0.465 e. The van der Waals surface area contributed by atoms with Gasteiger partial charge >= 0.3 is 5.97 Å². The van der Waals surface area contributed by atoms with Crippen molar-refractivity contribution < 1.29 is 17.9 Å². The van der Waals surface area contributed by atoms with Gasteiger partial charge in [-0.3, -0.25) is 0 Å². The standard InChI is InChI=1S/C16H17NO4S2/c1-21-16(18)13-7-8-14(15(11-13)23(17,19)20)22-10-9-12-5-3-2-4-6-12/h2-8,11H,9-10H2,1H3,(H2,17,19,20). The molecule has 0 amide bonds. The van der Waals surface area contributed by atoms with Crippen molar-refractivity contribution in [3.8, 4) is 0 Å². The molecule has 0 aliphatic rings. The molecule has 0 fully saturated rings. The number of hydrogen-bond acceptors (Lipinski definition) is 5. The van der Waals surface area contributed by atoms with E-state index in [1.165, 1.54) is 36.6 Å². The number of hydrogen-bond donors (Lipinski definition) is 1. The topological polar surface area (TPSA) is 86.5 Å². The van der Waals surface area contributed by atoms with Gasteiger partial charge < -0.3 is 4.74 Å². The number of carbonyl (C=O) groups is 1. The fourth-order valence-corrected chi connectivity index (χ4v) is 4.11. The van der Waals surface area contributed by atoms with Gasteiger partial charge in [-0.2, -0.15) is 0 Å². The Bertz CT molecular complexity index is 789. The summed E-state index contributed by atoms with van der Waals surface area (Å²) in [5.74, 6) is 0.0973. The van der Waals surface area contributed by atoms with Crippen LogP contribution in [0.1, 0.15) is 15.9 Å². The smallest absolute Gasteiger partial charge is 0.337 e. The normalized spacial score (nSPS) is 11.2. The number of esters is 1. The lowest BCUT2D eigenvalue weighted by molar-refractivity contribution is 0.0600. The highest BCUT2D eigenvalue weighted by Gasteiger charge is 2.18. The van der Waals surface area contributed by atoms with E-state index in [9.17, 15) is 13.2 Å². The molecule has 122 valence electrons. The molecular formula is C16H17NO4S2. The summed E-state index contributed by atoms with van der Waals surface area (Å²) in [6.45, 7) is 0. The molecule has 0 aliphatic heterocycles. The van der Waals surface area contributed by atoms with Crippen LogP contribution in [0.4, 0.5) is 0 Å². The van der Waals surface area contributed by atoms with Gasteiger partial charge in [0.25, 0.3) is 0 Å². The second kappa shape index (κ2) is 7.63. The Morgan fingerprint density at radius 1 is 1.17 bits per heavy atom. The van der Waals surface area contributed by atoms with Gasteiger partial charge in [-0.25, -0.2) is 18.4 Å². The Kier molecular flexibility index (Phi) is 5.81. The Morgan fingerprint density at radius 2 is 1.87 bits per heavy atom. The first-order valence-corrected chi connectivity index (χ1v) is 9.37. The van der Waals surface area contributed by atoms with Crippen molar-refractivity contribution in [1.29, 1.82) is 0 Å². The minimum absolute atomic E-state index is 0.0570. The van der Waals surface area contributed by atoms with Crippen LogP contribution in [-0.4, -0.2) is 27.2 Å². The van der Waals surface area contributed by atoms with Crippen molar-refractivity contribution in [2.45, 2.75) is 16.2 Å². The third-order valence-electron chi connectivity index (χ3n) is 3.16. The fraction of sp³-hybridized carbons (Fsp3) is 0.188. The number of rotatable bonds is 6. The SMILES string of the molecule is COC(=O)c1ccc(SCCc2ccccc2)c(S(N)(=O)=O)c1. The summed E-state index contributed by atoms with van der Waals surface area (Å²) in [6, 6.07) is 14.3. The van der Waals surface area contributed by atoms with Gasteiger partial charge in [0.05, 0.1) is 17.6 Å². The summed E-state index contributed by atoms with van der Waals surface area (Å²) in [7, 11) is -2.68. The van der Waals surface area contributed by atoms with Gasteiger partial charge in [0.2, 0.25) is 10.0 Å². The Hall–Kier alpha value is -1.83. The number of aryl methyl sites for hydroxylation is 1. The average molecular weight is 351 g/mol. The zero-order chi connectivity index (χ0) is 16.9. The van der Waals surface area contributed by atoms with Crippen LogP contribution in [0.3, 0.4) is 0 Å². The first-order chi connectivity index (χ1) is 10.9. The number of benzene rings is 2. The van der Waals surface area contributed by atoms with Crippen molar-refractivity contribution in [3.63, 3.8) is 0 Å². The number of carbonyl (C=O) groups excluding carboxylic acids is 1. The zero-order valence-electron chi connectivity index (χ0n) is 12.6. The maximum absolute atomic E-state index is 11.8. The predicted molar refractivity (Wildman–Crippen MR) is 90.0 cm³/mol. The monoisotopic (exact) mass is 351 g/mol. The molecule has 0 heterocycles. The molecular weight excluding hydrogens is 334 g/mol. The number of methoxy groups -OCH3 is 1. The van der Waals surface area contributed by atoms with Crippen LogP contribution in [0, 0.1) is 0 Å². The van der Waals surface area contributed by atoms with Crippen LogP contribution in [0.15, 0.2) is 58.3 Å². The van der Waals surface area contributed by atoms with E-state index in [4.69, 9.17) is 5.14 Å². The summed E-state index contributed by atoms with van der Waals surface area (Å²) < 4.78 is 28.1. The molecule has 0 atom stereocenters. The molecule has 23 heavy (non-hydrogen) atoms. The lowest BCUT2D eigenvalue weighted by Gasteiger charge is -2.09. The van der Waals surface area contributed by atoms with Crippen LogP contribution in [-0.2, 0) is 21.2 Å². The number of primary sulfonamides is 1. The van der Waals surface area contributed by atoms with Gasteiger partial charge in [-0.15, -0.1) is 11.8 Å². The molecule has 0 saturated heterocycles. The third kappa shape index (κ3) is 4.82. The second-order valence-corrected chi connectivity index (χ2v) is 7.45. The first-order valence-electron chi connectivity index (χ1n) is 6.83. The number of thioether (sulfide) groups is 1. The molecule has 7 heteroatoms. The highest BCUT2D eigenvalue weighted by molar-refractivity contribution is 8.00. The molecule has 0 aromatic heterocycles. The fourth-order valence-electron chi connectivity index (χ4n) is 2.02. The molecule has 2 aromatic carbocycles. The number of sulfonamides is 1. The molecule has 2 rings (SSSR count). The minimum atomic E-state index is -3.92. The van der Waals surface area contributed by atoms with Crippen molar-refractivity contribution >= 4 is 27.8 Å². The van der Waals surface area contributed by atoms with E-state index in [1.54, 1.807) is 6.07 Å². The molecule has 2 N–H and O–H groups in total. The van der Waals surface area contributed by atoms with Crippen molar-refractivity contribution in [2.75, 3.05) is 12.9 Å². The van der Waals surface area contributed by atoms with E-state index in [1.807, 2.05) is 30.3 Å². The third-order valence-corrected chi connectivity index (χ3v) is 5.32. The van der Waals surface area contributed by atoms with Crippen LogP contribution < -0.4 is 5.14 Å². The molecule has 0 saturated carbocycles. The average Bonchev–Trinajstić information content (AvgIpc) is 2.54. The van der Waals surface area contributed by atoms with Crippen molar-refractivity contribution in [3.05, 3.63) is 59.7 Å². The number of nitrogens with two attached hydrogens (primary N) is 1. The maximum Gasteiger partial charge on any atom is 0.337 e. The van der Waals surface area contributed by atoms with E-state index in [0.29, 0.717) is 10.6 Å². The van der Waals surface area contributed by atoms with Crippen molar-refractivity contribution in [2.24, 2.45) is 5.14 Å². The van der Waals surface area contributed by atoms with E-state index in [2.05, 4.69) is 4.74 Å². The van der Waals surface area contributed by atoms with Crippen molar-refractivity contribution in [1.82, 2.24) is 0 Å². The van der Waals surface area contributed by atoms with E-state index in [-0.39, 0.29) is 10.5 Å². The van der Waals surface area contributed by atoms with E-state index >= 15 is 0 Å². The van der Waals surface area contributed by atoms with Crippen LogP contribution in [0.25, 0.3) is 0 Å². The molecule has 0 radical (unpaired) electrons. The van der Waals surface area contributed by atoms with Crippen LogP contribution in [0.5, 0.6) is 0 Å². The van der Waals surface area contributed by atoms with E-state index in [0.717, 1.165) is 6.42 Å². The lowest BCUT2D eigenvalue weighted by atomic mass is 10.2. The Labute approximate surface area is 139 Å². The summed E-state index contributed by atoms with van der Waals surface area (Å²) >= 11 is 1.39. The van der Waals surface area contributed by atoms with Gasteiger partial charge in [0.15, 0.2) is 0 Å². The summed E-state index contributed by atoms with van der Waals surface area (Å²) in [5.41, 5.74) is 1.33. The van der Waals surface area contributed by atoms with Gasteiger partial charge in [0, 0.05) is 10.6 Å². The summed E-state index contributed by atoms with van der Waals surface area (Å²) in [4.78, 5) is 12.0. The second-order valence-electron chi connectivity index (χ2n) is 4.78. The predicted octanol–water partition coefficient (Wildman–Crippen LogP) is 2.46. The summed E-state index contributed by atoms with van der Waals surface area (Å²) in [6.07, 6.45) is 0.800. The first kappa shape index (κ1) is 17.5. The number of ether oxygens (including phenoxy) is 1. The molecule has 0 unspecified atom stereocenters. The zero-order valence-corrected chi connectivity index (χ0v) is 14.2. The Morgan fingerprint density at radius 3 is 2.48 bits per heavy atom. The summed E-state index contributed by atoms with van der Waals surface area (Å²) in [5, 5.41) is 5.26. The molecule has 0 spiro atoms. The molecule has 5 nitrogen and oxygen atoms in total. The quantitative estimate of drug-likeness (QED) is 0.638. The largest absolute Gasteiger partial charge is 0.465 e. The Balaban J connectivity index is 2.19. The van der Waals surface area contributed by atoms with Crippen LogP contribution in [0.2, 0.25) is 0 Å². The lowest BCUT2D eigenvalue weighted by Crippen LogP contribution is -2.15. The highest BCUT2D eigenvalue weighted by atomic mass is 32.2. The molecule has 0 bridgehead atoms. The molecule has 0 aliphatic carbocycles. The van der Waals surface area contributed by atoms with E-state index < -0.39 is 16.0 Å². The molecule has 2 aromatic rings. The van der Waals surface area contributed by atoms with Gasteiger partial charge in [-0.1, -0.05) is 30.3 Å². The maximum atomic E-state index is 11.8. The van der Waals surface area contributed by atoms with Gasteiger partial charge in [0.1, 0.15) is 0 Å². The van der Waals surface area contributed by atoms with Gasteiger partial charge in [-0.05, 0) is 30.2 Å². The highest BCUT2D eigenvalue weighted by Crippen LogP contribution is 2.28.